The number of thiazole rings is 1. The van der Waals surface area contributed by atoms with E-state index in [0.29, 0.717) is 12.1 Å². The molecular formula is C16H17F3N2OS. The first kappa shape index (κ1) is 17.5. The summed E-state index contributed by atoms with van der Waals surface area (Å²) < 4.78 is 37.9. The number of alkyl halides is 3. The topological polar surface area (TPSA) is 42.0 Å². The van der Waals surface area contributed by atoms with E-state index in [1.807, 2.05) is 13.8 Å². The molecule has 1 aromatic carbocycles. The van der Waals surface area contributed by atoms with Gasteiger partial charge in [0, 0.05) is 4.88 Å². The highest BCUT2D eigenvalue weighted by atomic mass is 32.1. The number of nitrogens with zero attached hydrogens (tertiary/aromatic N) is 1. The predicted molar refractivity (Wildman–Crippen MR) is 83.2 cm³/mol. The highest BCUT2D eigenvalue weighted by molar-refractivity contribution is 7.11. The van der Waals surface area contributed by atoms with Crippen molar-refractivity contribution in [2.24, 2.45) is 0 Å². The van der Waals surface area contributed by atoms with Gasteiger partial charge in [-0.3, -0.25) is 4.79 Å². The van der Waals surface area contributed by atoms with E-state index >= 15 is 0 Å². The quantitative estimate of drug-likeness (QED) is 0.896. The molecule has 124 valence electrons. The van der Waals surface area contributed by atoms with Gasteiger partial charge >= 0.3 is 6.18 Å². The first-order valence-electron chi connectivity index (χ1n) is 7.17. The average molecular weight is 342 g/mol. The minimum Gasteiger partial charge on any atom is -0.351 e. The zero-order valence-electron chi connectivity index (χ0n) is 12.8. The van der Waals surface area contributed by atoms with E-state index in [2.05, 4.69) is 10.3 Å². The number of carbonyl (C=O) groups excluding carboxylic acids is 1. The SMILES string of the molecule is CCc1nc(C)c(CNC(=O)Cc2cccc(C(F)(F)F)c2)s1. The monoisotopic (exact) mass is 342 g/mol. The van der Waals surface area contributed by atoms with E-state index < -0.39 is 11.7 Å². The number of aromatic nitrogens is 1. The molecular weight excluding hydrogens is 325 g/mol. The molecule has 0 saturated carbocycles. The van der Waals surface area contributed by atoms with Crippen LogP contribution in [0.15, 0.2) is 24.3 Å². The number of nitrogens with one attached hydrogen (secondary N) is 1. The first-order chi connectivity index (χ1) is 10.8. The Hall–Kier alpha value is -1.89. The minimum atomic E-state index is -4.40. The first-order valence-corrected chi connectivity index (χ1v) is 7.99. The summed E-state index contributed by atoms with van der Waals surface area (Å²) in [6, 6.07) is 4.83. The fraction of sp³-hybridized carbons (Fsp3) is 0.375. The molecule has 0 aliphatic heterocycles. The minimum absolute atomic E-state index is 0.0809. The van der Waals surface area contributed by atoms with Gasteiger partial charge in [0.1, 0.15) is 0 Å². The van der Waals surface area contributed by atoms with Crippen molar-refractivity contribution in [1.82, 2.24) is 10.3 Å². The molecule has 0 aliphatic carbocycles. The largest absolute Gasteiger partial charge is 0.416 e. The molecule has 1 N–H and O–H groups in total. The Morgan fingerprint density at radius 3 is 2.70 bits per heavy atom. The lowest BCUT2D eigenvalue weighted by Gasteiger charge is -2.09. The maximum Gasteiger partial charge on any atom is 0.416 e. The van der Waals surface area contributed by atoms with Crippen LogP contribution in [0.25, 0.3) is 0 Å². The summed E-state index contributed by atoms with van der Waals surface area (Å²) in [5.41, 5.74) is 0.479. The van der Waals surface area contributed by atoms with Gasteiger partial charge < -0.3 is 5.32 Å². The average Bonchev–Trinajstić information content (AvgIpc) is 2.85. The molecule has 1 amide bonds. The van der Waals surface area contributed by atoms with Crippen molar-refractivity contribution in [1.29, 1.82) is 0 Å². The van der Waals surface area contributed by atoms with Gasteiger partial charge in [-0.15, -0.1) is 11.3 Å². The lowest BCUT2D eigenvalue weighted by molar-refractivity contribution is -0.137. The molecule has 0 radical (unpaired) electrons. The maximum absolute atomic E-state index is 12.6. The van der Waals surface area contributed by atoms with Crippen LogP contribution in [0.5, 0.6) is 0 Å². The molecule has 23 heavy (non-hydrogen) atoms. The van der Waals surface area contributed by atoms with Crippen LogP contribution in [0.2, 0.25) is 0 Å². The van der Waals surface area contributed by atoms with Crippen LogP contribution < -0.4 is 5.32 Å². The Morgan fingerprint density at radius 1 is 1.35 bits per heavy atom. The van der Waals surface area contributed by atoms with Crippen LogP contribution in [-0.2, 0) is 30.4 Å². The highest BCUT2D eigenvalue weighted by Crippen LogP contribution is 2.29. The number of aryl methyl sites for hydroxylation is 2. The van der Waals surface area contributed by atoms with Gasteiger partial charge in [-0.1, -0.05) is 25.1 Å². The fourth-order valence-electron chi connectivity index (χ4n) is 2.09. The number of rotatable bonds is 5. The van der Waals surface area contributed by atoms with Gasteiger partial charge in [-0.25, -0.2) is 4.98 Å². The Labute approximate surface area is 136 Å². The van der Waals surface area contributed by atoms with Crippen molar-refractivity contribution in [3.63, 3.8) is 0 Å². The summed E-state index contributed by atoms with van der Waals surface area (Å²) in [5, 5.41) is 3.74. The van der Waals surface area contributed by atoms with E-state index in [0.717, 1.165) is 34.1 Å². The lowest BCUT2D eigenvalue weighted by atomic mass is 10.1. The molecule has 2 rings (SSSR count). The Kier molecular flexibility index (Phi) is 5.41. The second-order valence-corrected chi connectivity index (χ2v) is 6.29. The van der Waals surface area contributed by atoms with E-state index in [9.17, 15) is 18.0 Å². The predicted octanol–water partition coefficient (Wildman–Crippen LogP) is 3.89. The maximum atomic E-state index is 12.6. The van der Waals surface area contributed by atoms with Gasteiger partial charge in [0.05, 0.1) is 29.2 Å². The van der Waals surface area contributed by atoms with Gasteiger partial charge in [0.2, 0.25) is 5.91 Å². The number of carbonyl (C=O) groups is 1. The summed E-state index contributed by atoms with van der Waals surface area (Å²) in [4.78, 5) is 17.3. The summed E-state index contributed by atoms with van der Waals surface area (Å²) in [6.07, 6.45) is -3.64. The number of hydrogen-bond acceptors (Lipinski definition) is 3. The van der Waals surface area contributed by atoms with Crippen molar-refractivity contribution in [2.75, 3.05) is 0 Å². The molecule has 3 nitrogen and oxygen atoms in total. The molecule has 1 heterocycles. The standard InChI is InChI=1S/C16H17F3N2OS/c1-3-15-21-10(2)13(23-15)9-20-14(22)8-11-5-4-6-12(7-11)16(17,18)19/h4-7H,3,8-9H2,1-2H3,(H,20,22). The van der Waals surface area contributed by atoms with Crippen molar-refractivity contribution >= 4 is 17.2 Å². The number of halogens is 3. The Morgan fingerprint density at radius 2 is 2.09 bits per heavy atom. The Balaban J connectivity index is 1.96. The molecule has 0 saturated heterocycles. The molecule has 0 fully saturated rings. The molecule has 0 aliphatic rings. The number of hydrogen-bond donors (Lipinski definition) is 1. The van der Waals surface area contributed by atoms with Gasteiger partial charge in [0.15, 0.2) is 0 Å². The van der Waals surface area contributed by atoms with Crippen LogP contribution in [0.3, 0.4) is 0 Å². The lowest BCUT2D eigenvalue weighted by Crippen LogP contribution is -2.24. The fourth-order valence-corrected chi connectivity index (χ4v) is 3.04. The zero-order valence-corrected chi connectivity index (χ0v) is 13.6. The zero-order chi connectivity index (χ0) is 17.0. The van der Waals surface area contributed by atoms with Crippen molar-refractivity contribution in [3.8, 4) is 0 Å². The molecule has 2 aromatic rings. The van der Waals surface area contributed by atoms with Crippen LogP contribution >= 0.6 is 11.3 Å². The third kappa shape index (κ3) is 4.79. The molecule has 0 spiro atoms. The normalized spacial score (nSPS) is 11.5. The molecule has 1 aromatic heterocycles. The van der Waals surface area contributed by atoms with E-state index in [1.165, 1.54) is 23.5 Å². The highest BCUT2D eigenvalue weighted by Gasteiger charge is 2.30. The van der Waals surface area contributed by atoms with Crippen molar-refractivity contribution < 1.29 is 18.0 Å². The van der Waals surface area contributed by atoms with Gasteiger partial charge in [-0.05, 0) is 25.0 Å². The molecule has 0 unspecified atom stereocenters. The van der Waals surface area contributed by atoms with E-state index in [-0.39, 0.29) is 12.3 Å². The van der Waals surface area contributed by atoms with Crippen LogP contribution in [-0.4, -0.2) is 10.9 Å². The van der Waals surface area contributed by atoms with Crippen molar-refractivity contribution in [2.45, 2.75) is 39.4 Å². The van der Waals surface area contributed by atoms with Gasteiger partial charge in [0.25, 0.3) is 0 Å². The van der Waals surface area contributed by atoms with Crippen molar-refractivity contribution in [3.05, 3.63) is 51.0 Å². The van der Waals surface area contributed by atoms with E-state index in [4.69, 9.17) is 0 Å². The third-order valence-corrected chi connectivity index (χ3v) is 4.61. The molecule has 0 atom stereocenters. The number of amides is 1. The molecule has 0 bridgehead atoms. The second-order valence-electron chi connectivity index (χ2n) is 5.12. The summed E-state index contributed by atoms with van der Waals surface area (Å²) in [7, 11) is 0. The molecule has 7 heteroatoms. The van der Waals surface area contributed by atoms with E-state index in [1.54, 1.807) is 0 Å². The third-order valence-electron chi connectivity index (χ3n) is 3.30. The summed E-state index contributed by atoms with van der Waals surface area (Å²) >= 11 is 1.54. The summed E-state index contributed by atoms with van der Waals surface area (Å²) in [6.45, 7) is 4.24. The number of benzene rings is 1. The van der Waals surface area contributed by atoms with Crippen LogP contribution in [0.1, 0.15) is 33.6 Å². The van der Waals surface area contributed by atoms with Gasteiger partial charge in [-0.2, -0.15) is 13.2 Å². The van der Waals surface area contributed by atoms with Crippen LogP contribution in [0.4, 0.5) is 13.2 Å². The smallest absolute Gasteiger partial charge is 0.351 e. The summed E-state index contributed by atoms with van der Waals surface area (Å²) in [5.74, 6) is -0.310. The second kappa shape index (κ2) is 7.12. The Bertz CT molecular complexity index is 695. The van der Waals surface area contributed by atoms with Crippen LogP contribution in [0, 0.1) is 6.92 Å².